The third kappa shape index (κ3) is 5.21. The molecule has 0 aromatic rings. The molecule has 0 aromatic carbocycles. The molecule has 15 heavy (non-hydrogen) atoms. The number of hydrogen-bond acceptors (Lipinski definition) is 5. The van der Waals surface area contributed by atoms with Gasteiger partial charge in [0.25, 0.3) is 0 Å². The molecule has 2 N–H and O–H groups in total. The first-order chi connectivity index (χ1) is 7.18. The first kappa shape index (κ1) is 11.8. The predicted octanol–water partition coefficient (Wildman–Crippen LogP) is 0.0968. The summed E-state index contributed by atoms with van der Waals surface area (Å²) in [5, 5.41) is 9.59. The lowest BCUT2D eigenvalue weighted by molar-refractivity contribution is 0.145. The average molecular weight is 215 g/mol. The summed E-state index contributed by atoms with van der Waals surface area (Å²) in [6.45, 7) is 6.08. The van der Waals surface area contributed by atoms with Crippen LogP contribution in [-0.4, -0.2) is 44.2 Å². The maximum Gasteiger partial charge on any atom is 0.407 e. The Balaban J connectivity index is 1.93. The van der Waals surface area contributed by atoms with E-state index in [4.69, 9.17) is 9.57 Å². The van der Waals surface area contributed by atoms with Crippen LogP contribution in [0.25, 0.3) is 0 Å². The minimum absolute atomic E-state index is 0.0638. The number of carbonyl (C=O) groups excluding carboxylic acids is 1. The summed E-state index contributed by atoms with van der Waals surface area (Å²) < 4.78 is 4.73. The van der Waals surface area contributed by atoms with Crippen molar-refractivity contribution in [3.8, 4) is 0 Å². The molecule has 0 aliphatic carbocycles. The second-order valence-electron chi connectivity index (χ2n) is 3.52. The van der Waals surface area contributed by atoms with Crippen molar-refractivity contribution in [1.29, 1.82) is 0 Å². The molecule has 1 amide bonds. The van der Waals surface area contributed by atoms with Gasteiger partial charge in [0.05, 0.1) is 11.8 Å². The summed E-state index contributed by atoms with van der Waals surface area (Å²) in [5.41, 5.74) is 0.895. The van der Waals surface area contributed by atoms with E-state index in [1.54, 1.807) is 0 Å². The number of ether oxygens (including phenoxy) is 1. The maximum atomic E-state index is 10.7. The highest BCUT2D eigenvalue weighted by Crippen LogP contribution is 1.95. The Morgan fingerprint density at radius 2 is 2.53 bits per heavy atom. The zero-order valence-corrected chi connectivity index (χ0v) is 9.08. The number of oxime groups is 1. The summed E-state index contributed by atoms with van der Waals surface area (Å²) in [7, 11) is 0. The van der Waals surface area contributed by atoms with Gasteiger partial charge >= 0.3 is 6.09 Å². The first-order valence-electron chi connectivity index (χ1n) is 4.95. The largest absolute Gasteiger partial charge is 0.447 e. The second kappa shape index (κ2) is 6.23. The van der Waals surface area contributed by atoms with Gasteiger partial charge in [0.1, 0.15) is 13.2 Å². The highest BCUT2D eigenvalue weighted by molar-refractivity contribution is 5.78. The summed E-state index contributed by atoms with van der Waals surface area (Å²) in [5.74, 6) is 0. The quantitative estimate of drug-likeness (QED) is 0.374. The first-order valence-corrected chi connectivity index (χ1v) is 4.95. The fraction of sp³-hybridized carbons (Fsp3) is 0.778. The van der Waals surface area contributed by atoms with Crippen LogP contribution < -0.4 is 10.6 Å². The number of rotatable bonds is 6. The van der Waals surface area contributed by atoms with E-state index in [2.05, 4.69) is 15.8 Å². The van der Waals surface area contributed by atoms with Crippen molar-refractivity contribution >= 4 is 11.8 Å². The fourth-order valence-electron chi connectivity index (χ4n) is 1.11. The van der Waals surface area contributed by atoms with Crippen molar-refractivity contribution in [2.75, 3.05) is 26.3 Å². The molecule has 0 bridgehead atoms. The molecule has 86 valence electrons. The molecule has 1 atom stereocenters. The van der Waals surface area contributed by atoms with Gasteiger partial charge in [0.2, 0.25) is 0 Å². The van der Waals surface area contributed by atoms with E-state index in [1.165, 1.54) is 0 Å². The molecular weight excluding hydrogens is 198 g/mol. The lowest BCUT2D eigenvalue weighted by Crippen LogP contribution is -2.37. The third-order valence-corrected chi connectivity index (χ3v) is 1.75. The maximum absolute atomic E-state index is 10.7. The topological polar surface area (TPSA) is 71.9 Å². The van der Waals surface area contributed by atoms with Gasteiger partial charge in [-0.3, -0.25) is 0 Å². The Morgan fingerprint density at radius 1 is 1.73 bits per heavy atom. The van der Waals surface area contributed by atoms with Crippen molar-refractivity contribution in [2.24, 2.45) is 5.16 Å². The number of nitrogens with zero attached hydrogens (tertiary/aromatic N) is 1. The summed E-state index contributed by atoms with van der Waals surface area (Å²) >= 11 is 0. The molecule has 1 aliphatic rings. The van der Waals surface area contributed by atoms with Gasteiger partial charge in [0, 0.05) is 13.1 Å². The smallest absolute Gasteiger partial charge is 0.407 e. The number of hydrogen-bond donors (Lipinski definition) is 2. The van der Waals surface area contributed by atoms with Crippen LogP contribution in [0.2, 0.25) is 0 Å². The molecule has 1 rings (SSSR count). The average Bonchev–Trinajstić information content (AvgIpc) is 2.57. The Hall–Kier alpha value is -1.30. The predicted molar refractivity (Wildman–Crippen MR) is 55.9 cm³/mol. The number of alkyl carbamates (subject to hydrolysis) is 1. The zero-order chi connectivity index (χ0) is 11.1. The SMILES string of the molecule is CC(C)=NOCCNC[C@@H]1COC(=O)N1. The van der Waals surface area contributed by atoms with Crippen molar-refractivity contribution in [2.45, 2.75) is 19.9 Å². The van der Waals surface area contributed by atoms with E-state index in [0.717, 1.165) is 5.71 Å². The fourth-order valence-corrected chi connectivity index (χ4v) is 1.11. The van der Waals surface area contributed by atoms with Gasteiger partial charge in [-0.1, -0.05) is 5.16 Å². The standard InChI is InChI=1S/C9H17N3O3/c1-7(2)12-15-4-3-10-5-8-6-14-9(13)11-8/h8,10H,3-6H2,1-2H3,(H,11,13)/t8-/m1/s1. The van der Waals surface area contributed by atoms with Crippen LogP contribution in [0.15, 0.2) is 5.16 Å². The van der Waals surface area contributed by atoms with Gasteiger partial charge in [-0.2, -0.15) is 0 Å². The van der Waals surface area contributed by atoms with Crippen molar-refractivity contribution in [3.05, 3.63) is 0 Å². The van der Waals surface area contributed by atoms with Gasteiger partial charge in [0.15, 0.2) is 0 Å². The van der Waals surface area contributed by atoms with Crippen molar-refractivity contribution < 1.29 is 14.4 Å². The molecular formula is C9H17N3O3. The van der Waals surface area contributed by atoms with Crippen LogP contribution >= 0.6 is 0 Å². The summed E-state index contributed by atoms with van der Waals surface area (Å²) in [6.07, 6.45) is -0.343. The molecule has 1 aliphatic heterocycles. The molecule has 1 heterocycles. The van der Waals surface area contributed by atoms with Crippen molar-refractivity contribution in [1.82, 2.24) is 10.6 Å². The van der Waals surface area contributed by atoms with Gasteiger partial charge in [-0.25, -0.2) is 4.79 Å². The van der Waals surface area contributed by atoms with Crippen LogP contribution in [0.1, 0.15) is 13.8 Å². The van der Waals surface area contributed by atoms with Crippen LogP contribution in [-0.2, 0) is 9.57 Å². The molecule has 0 saturated carbocycles. The van der Waals surface area contributed by atoms with E-state index >= 15 is 0 Å². The molecule has 6 nitrogen and oxygen atoms in total. The normalized spacial score (nSPS) is 19.3. The monoisotopic (exact) mass is 215 g/mol. The van der Waals surface area contributed by atoms with E-state index < -0.39 is 0 Å². The molecule has 0 radical (unpaired) electrons. The lowest BCUT2D eigenvalue weighted by atomic mass is 10.3. The summed E-state index contributed by atoms with van der Waals surface area (Å²) in [4.78, 5) is 15.6. The van der Waals surface area contributed by atoms with E-state index in [1.807, 2.05) is 13.8 Å². The van der Waals surface area contributed by atoms with Crippen LogP contribution in [0.5, 0.6) is 0 Å². The van der Waals surface area contributed by atoms with Crippen LogP contribution in [0.3, 0.4) is 0 Å². The Labute approximate surface area is 89.0 Å². The Bertz CT molecular complexity index is 239. The number of cyclic esters (lactones) is 1. The van der Waals surface area contributed by atoms with Gasteiger partial charge in [-0.05, 0) is 13.8 Å². The van der Waals surface area contributed by atoms with Crippen molar-refractivity contribution in [3.63, 3.8) is 0 Å². The molecule has 1 saturated heterocycles. The molecule has 0 unspecified atom stereocenters. The zero-order valence-electron chi connectivity index (χ0n) is 9.08. The highest BCUT2D eigenvalue weighted by atomic mass is 16.6. The molecule has 6 heteroatoms. The van der Waals surface area contributed by atoms with E-state index in [-0.39, 0.29) is 12.1 Å². The number of amides is 1. The lowest BCUT2D eigenvalue weighted by Gasteiger charge is -2.08. The molecule has 1 fully saturated rings. The number of carbonyl (C=O) groups is 1. The van der Waals surface area contributed by atoms with E-state index in [9.17, 15) is 4.79 Å². The van der Waals surface area contributed by atoms with Gasteiger partial charge < -0.3 is 20.2 Å². The van der Waals surface area contributed by atoms with Crippen LogP contribution in [0.4, 0.5) is 4.79 Å². The minimum Gasteiger partial charge on any atom is -0.447 e. The van der Waals surface area contributed by atoms with Crippen LogP contribution in [0, 0.1) is 0 Å². The Kier molecular flexibility index (Phi) is 4.89. The van der Waals surface area contributed by atoms with E-state index in [0.29, 0.717) is 26.3 Å². The molecule has 0 aromatic heterocycles. The minimum atomic E-state index is -0.343. The second-order valence-corrected chi connectivity index (χ2v) is 3.52. The summed E-state index contributed by atoms with van der Waals surface area (Å²) in [6, 6.07) is 0.0638. The number of nitrogens with one attached hydrogen (secondary N) is 2. The highest BCUT2D eigenvalue weighted by Gasteiger charge is 2.20. The third-order valence-electron chi connectivity index (χ3n) is 1.75. The van der Waals surface area contributed by atoms with Gasteiger partial charge in [-0.15, -0.1) is 0 Å². The Morgan fingerprint density at radius 3 is 3.13 bits per heavy atom. The molecule has 0 spiro atoms.